The Kier molecular flexibility index (Phi) is 2.88. The van der Waals surface area contributed by atoms with E-state index in [1.807, 2.05) is 60.7 Å². The van der Waals surface area contributed by atoms with Crippen LogP contribution in [0.5, 0.6) is 0 Å². The molecule has 2 aromatic carbocycles. The topological polar surface area (TPSA) is 38.9 Å². The lowest BCUT2D eigenvalue weighted by Gasteiger charge is -1.94. The highest BCUT2D eigenvalue weighted by molar-refractivity contribution is 5.53. The van der Waals surface area contributed by atoms with Gasteiger partial charge in [0.15, 0.2) is 0 Å². The molecule has 1 heterocycles. The molecule has 1 aromatic heterocycles. The zero-order valence-electron chi connectivity index (χ0n) is 9.78. The average Bonchev–Trinajstić information content (AvgIpc) is 2.89. The SMILES string of the molecule is c1ccc(Cc2nc(-c3ccccc3)no2)cc1. The maximum atomic E-state index is 5.26. The van der Waals surface area contributed by atoms with Crippen molar-refractivity contribution in [1.29, 1.82) is 0 Å². The van der Waals surface area contributed by atoms with Gasteiger partial charge in [-0.3, -0.25) is 0 Å². The maximum absolute atomic E-state index is 5.26. The van der Waals surface area contributed by atoms with Crippen LogP contribution >= 0.6 is 0 Å². The van der Waals surface area contributed by atoms with Crippen molar-refractivity contribution < 1.29 is 4.52 Å². The summed E-state index contributed by atoms with van der Waals surface area (Å²) in [5, 5.41) is 4.00. The van der Waals surface area contributed by atoms with E-state index in [-0.39, 0.29) is 0 Å². The van der Waals surface area contributed by atoms with Crippen LogP contribution in [0.1, 0.15) is 11.5 Å². The van der Waals surface area contributed by atoms with E-state index in [0.29, 0.717) is 18.1 Å². The number of rotatable bonds is 3. The fourth-order valence-corrected chi connectivity index (χ4v) is 1.80. The Morgan fingerprint density at radius 2 is 1.50 bits per heavy atom. The molecule has 3 nitrogen and oxygen atoms in total. The fourth-order valence-electron chi connectivity index (χ4n) is 1.80. The van der Waals surface area contributed by atoms with Crippen molar-refractivity contribution in [2.45, 2.75) is 6.42 Å². The van der Waals surface area contributed by atoms with Crippen LogP contribution in [0, 0.1) is 0 Å². The number of hydrogen-bond acceptors (Lipinski definition) is 3. The van der Waals surface area contributed by atoms with Crippen LogP contribution in [0.15, 0.2) is 65.2 Å². The average molecular weight is 236 g/mol. The first-order valence-electron chi connectivity index (χ1n) is 5.84. The molecule has 0 aliphatic heterocycles. The van der Waals surface area contributed by atoms with Gasteiger partial charge in [-0.15, -0.1) is 0 Å². The zero-order valence-corrected chi connectivity index (χ0v) is 9.78. The highest BCUT2D eigenvalue weighted by atomic mass is 16.5. The molecule has 0 N–H and O–H groups in total. The second-order valence-electron chi connectivity index (χ2n) is 4.04. The van der Waals surface area contributed by atoms with Gasteiger partial charge in [0.25, 0.3) is 0 Å². The molecule has 0 bridgehead atoms. The molecular formula is C15H12N2O. The summed E-state index contributed by atoms with van der Waals surface area (Å²) in [7, 11) is 0. The molecule has 0 aliphatic rings. The first kappa shape index (κ1) is 10.7. The molecule has 0 spiro atoms. The zero-order chi connectivity index (χ0) is 12.2. The van der Waals surface area contributed by atoms with E-state index in [9.17, 15) is 0 Å². The Morgan fingerprint density at radius 1 is 0.833 bits per heavy atom. The first-order chi connectivity index (χ1) is 8.92. The molecule has 0 amide bonds. The Labute approximate surface area is 105 Å². The van der Waals surface area contributed by atoms with Crippen molar-refractivity contribution in [3.8, 4) is 11.4 Å². The summed E-state index contributed by atoms with van der Waals surface area (Å²) in [6, 6.07) is 19.9. The standard InChI is InChI=1S/C15H12N2O/c1-3-7-12(8-4-1)11-14-16-15(17-18-14)13-9-5-2-6-10-13/h1-10H,11H2. The van der Waals surface area contributed by atoms with Gasteiger partial charge in [-0.05, 0) is 5.56 Å². The highest BCUT2D eigenvalue weighted by Crippen LogP contribution is 2.16. The predicted octanol–water partition coefficient (Wildman–Crippen LogP) is 3.33. The van der Waals surface area contributed by atoms with Gasteiger partial charge in [0.05, 0.1) is 6.42 Å². The Bertz CT molecular complexity index is 617. The van der Waals surface area contributed by atoms with E-state index in [4.69, 9.17) is 4.52 Å². The van der Waals surface area contributed by atoms with Crippen LogP contribution in [-0.2, 0) is 6.42 Å². The molecule has 0 radical (unpaired) electrons. The van der Waals surface area contributed by atoms with Crippen LogP contribution in [0.2, 0.25) is 0 Å². The number of nitrogens with zero attached hydrogens (tertiary/aromatic N) is 2. The number of benzene rings is 2. The largest absolute Gasteiger partial charge is 0.339 e. The third-order valence-corrected chi connectivity index (χ3v) is 2.70. The van der Waals surface area contributed by atoms with Gasteiger partial charge >= 0.3 is 0 Å². The number of aromatic nitrogens is 2. The van der Waals surface area contributed by atoms with Gasteiger partial charge in [0, 0.05) is 5.56 Å². The fraction of sp³-hybridized carbons (Fsp3) is 0.0667. The summed E-state index contributed by atoms with van der Waals surface area (Å²) in [4.78, 5) is 4.40. The molecule has 3 rings (SSSR count). The molecule has 0 fully saturated rings. The van der Waals surface area contributed by atoms with Crippen LogP contribution in [0.25, 0.3) is 11.4 Å². The first-order valence-corrected chi connectivity index (χ1v) is 5.84. The monoisotopic (exact) mass is 236 g/mol. The molecule has 0 unspecified atom stereocenters. The van der Waals surface area contributed by atoms with Gasteiger partial charge in [0.2, 0.25) is 11.7 Å². The molecule has 18 heavy (non-hydrogen) atoms. The van der Waals surface area contributed by atoms with Crippen molar-refractivity contribution in [1.82, 2.24) is 10.1 Å². The summed E-state index contributed by atoms with van der Waals surface area (Å²) in [6.45, 7) is 0. The summed E-state index contributed by atoms with van der Waals surface area (Å²) < 4.78 is 5.26. The Morgan fingerprint density at radius 3 is 2.22 bits per heavy atom. The van der Waals surface area contributed by atoms with E-state index in [0.717, 1.165) is 5.56 Å². The molecule has 3 heteroatoms. The van der Waals surface area contributed by atoms with Crippen LogP contribution in [0.4, 0.5) is 0 Å². The molecule has 0 saturated heterocycles. The van der Waals surface area contributed by atoms with Gasteiger partial charge < -0.3 is 4.52 Å². The predicted molar refractivity (Wildman–Crippen MR) is 69.0 cm³/mol. The number of hydrogen-bond donors (Lipinski definition) is 0. The Balaban J connectivity index is 1.82. The normalized spacial score (nSPS) is 10.4. The highest BCUT2D eigenvalue weighted by Gasteiger charge is 2.08. The maximum Gasteiger partial charge on any atom is 0.231 e. The second kappa shape index (κ2) is 4.84. The molecule has 3 aromatic rings. The summed E-state index contributed by atoms with van der Waals surface area (Å²) in [6.07, 6.45) is 0.667. The smallest absolute Gasteiger partial charge is 0.231 e. The van der Waals surface area contributed by atoms with Crippen molar-refractivity contribution in [2.24, 2.45) is 0 Å². The lowest BCUT2D eigenvalue weighted by atomic mass is 10.1. The van der Waals surface area contributed by atoms with Crippen molar-refractivity contribution in [3.05, 3.63) is 72.1 Å². The molecule has 0 atom stereocenters. The second-order valence-corrected chi connectivity index (χ2v) is 4.04. The minimum absolute atomic E-state index is 0.639. The summed E-state index contributed by atoms with van der Waals surface area (Å²) in [5.74, 6) is 1.28. The van der Waals surface area contributed by atoms with Crippen molar-refractivity contribution >= 4 is 0 Å². The van der Waals surface area contributed by atoms with Crippen molar-refractivity contribution in [2.75, 3.05) is 0 Å². The van der Waals surface area contributed by atoms with Crippen LogP contribution < -0.4 is 0 Å². The lowest BCUT2D eigenvalue weighted by molar-refractivity contribution is 0.385. The van der Waals surface area contributed by atoms with Crippen molar-refractivity contribution in [3.63, 3.8) is 0 Å². The van der Waals surface area contributed by atoms with E-state index >= 15 is 0 Å². The quantitative estimate of drug-likeness (QED) is 0.700. The Hall–Kier alpha value is -2.42. The van der Waals surface area contributed by atoms with Gasteiger partial charge in [-0.2, -0.15) is 4.98 Å². The summed E-state index contributed by atoms with van der Waals surface area (Å²) in [5.41, 5.74) is 2.14. The third-order valence-electron chi connectivity index (χ3n) is 2.70. The van der Waals surface area contributed by atoms with Gasteiger partial charge in [-0.1, -0.05) is 65.8 Å². The molecule has 0 saturated carbocycles. The third kappa shape index (κ3) is 2.30. The van der Waals surface area contributed by atoms with E-state index < -0.39 is 0 Å². The minimum atomic E-state index is 0.639. The molecular weight excluding hydrogens is 224 g/mol. The van der Waals surface area contributed by atoms with E-state index in [1.54, 1.807) is 0 Å². The molecule has 88 valence electrons. The van der Waals surface area contributed by atoms with E-state index in [1.165, 1.54) is 5.56 Å². The minimum Gasteiger partial charge on any atom is -0.339 e. The van der Waals surface area contributed by atoms with Gasteiger partial charge in [-0.25, -0.2) is 0 Å². The molecule has 0 aliphatic carbocycles. The van der Waals surface area contributed by atoms with E-state index in [2.05, 4.69) is 10.1 Å². The summed E-state index contributed by atoms with van der Waals surface area (Å²) >= 11 is 0. The van der Waals surface area contributed by atoms with Crippen LogP contribution in [0.3, 0.4) is 0 Å². The lowest BCUT2D eigenvalue weighted by Crippen LogP contribution is -1.87. The van der Waals surface area contributed by atoms with Gasteiger partial charge in [0.1, 0.15) is 0 Å². The van der Waals surface area contributed by atoms with Crippen LogP contribution in [-0.4, -0.2) is 10.1 Å².